The minimum atomic E-state index is -0.325. The molecule has 0 aliphatic carbocycles. The number of nitro groups is 1. The Morgan fingerprint density at radius 1 is 1.61 bits per heavy atom. The van der Waals surface area contributed by atoms with Crippen molar-refractivity contribution < 1.29 is 4.92 Å². The average molecular weight is 378 g/mol. The largest absolute Gasteiger partial charge is 0.378 e. The molecule has 1 unspecified atom stereocenters. The van der Waals surface area contributed by atoms with Crippen molar-refractivity contribution in [3.05, 3.63) is 31.9 Å². The summed E-state index contributed by atoms with van der Waals surface area (Å²) in [4.78, 5) is 10.7. The van der Waals surface area contributed by atoms with E-state index in [4.69, 9.17) is 0 Å². The molecule has 1 saturated heterocycles. The van der Waals surface area contributed by atoms with Gasteiger partial charge in [0.25, 0.3) is 5.69 Å². The SMILES string of the molecule is CC1(CNc2ccc(I)cc2[N+](=O)[O-])CCCS1. The molecule has 1 atom stereocenters. The Kier molecular flexibility index (Phi) is 4.37. The summed E-state index contributed by atoms with van der Waals surface area (Å²) in [5.74, 6) is 1.19. The fraction of sp³-hybridized carbons (Fsp3) is 0.500. The molecule has 18 heavy (non-hydrogen) atoms. The van der Waals surface area contributed by atoms with Gasteiger partial charge in [0.2, 0.25) is 0 Å². The van der Waals surface area contributed by atoms with E-state index in [0.29, 0.717) is 5.69 Å². The summed E-state index contributed by atoms with van der Waals surface area (Å²) in [6.07, 6.45) is 2.40. The Morgan fingerprint density at radius 2 is 2.39 bits per heavy atom. The van der Waals surface area contributed by atoms with Gasteiger partial charge in [-0.15, -0.1) is 0 Å². The number of nitrogens with one attached hydrogen (secondary N) is 1. The second-order valence-corrected chi connectivity index (χ2v) is 7.60. The van der Waals surface area contributed by atoms with Crippen molar-refractivity contribution in [1.29, 1.82) is 0 Å². The van der Waals surface area contributed by atoms with Crippen molar-refractivity contribution in [3.8, 4) is 0 Å². The van der Waals surface area contributed by atoms with Crippen LogP contribution < -0.4 is 5.32 Å². The molecule has 1 heterocycles. The first-order valence-corrected chi connectivity index (χ1v) is 7.88. The van der Waals surface area contributed by atoms with E-state index < -0.39 is 0 Å². The van der Waals surface area contributed by atoms with Crippen LogP contribution in [0.25, 0.3) is 0 Å². The first-order valence-electron chi connectivity index (χ1n) is 5.82. The highest BCUT2D eigenvalue weighted by Gasteiger charge is 2.29. The maximum atomic E-state index is 11.0. The highest BCUT2D eigenvalue weighted by atomic mass is 127. The molecule has 0 amide bonds. The lowest BCUT2D eigenvalue weighted by Crippen LogP contribution is -2.27. The van der Waals surface area contributed by atoms with Crippen LogP contribution in [0.4, 0.5) is 11.4 Å². The van der Waals surface area contributed by atoms with Gasteiger partial charge in [-0.2, -0.15) is 11.8 Å². The molecule has 0 radical (unpaired) electrons. The molecule has 1 aromatic carbocycles. The van der Waals surface area contributed by atoms with Gasteiger partial charge in [-0.3, -0.25) is 10.1 Å². The highest BCUT2D eigenvalue weighted by molar-refractivity contribution is 14.1. The van der Waals surface area contributed by atoms with Crippen molar-refractivity contribution in [2.75, 3.05) is 17.6 Å². The van der Waals surface area contributed by atoms with Crippen LogP contribution in [-0.2, 0) is 0 Å². The van der Waals surface area contributed by atoms with Gasteiger partial charge in [-0.05, 0) is 60.2 Å². The second-order valence-electron chi connectivity index (χ2n) is 4.67. The first-order chi connectivity index (χ1) is 8.50. The molecule has 98 valence electrons. The number of hydrogen-bond acceptors (Lipinski definition) is 4. The summed E-state index contributed by atoms with van der Waals surface area (Å²) in [5.41, 5.74) is 0.780. The molecule has 0 bridgehead atoms. The van der Waals surface area contributed by atoms with Crippen LogP contribution in [0.5, 0.6) is 0 Å². The Hall–Kier alpha value is -0.500. The predicted octanol–water partition coefficient (Wildman–Crippen LogP) is 3.90. The van der Waals surface area contributed by atoms with E-state index in [-0.39, 0.29) is 15.4 Å². The zero-order valence-electron chi connectivity index (χ0n) is 10.1. The van der Waals surface area contributed by atoms with E-state index in [1.807, 2.05) is 17.8 Å². The Morgan fingerprint density at radius 3 is 3.00 bits per heavy atom. The molecular weight excluding hydrogens is 363 g/mol. The Balaban J connectivity index is 2.11. The van der Waals surface area contributed by atoms with Gasteiger partial charge >= 0.3 is 0 Å². The van der Waals surface area contributed by atoms with Crippen molar-refractivity contribution in [3.63, 3.8) is 0 Å². The molecule has 0 spiro atoms. The van der Waals surface area contributed by atoms with Gasteiger partial charge in [0, 0.05) is 20.9 Å². The lowest BCUT2D eigenvalue weighted by Gasteiger charge is -2.23. The van der Waals surface area contributed by atoms with E-state index in [0.717, 1.165) is 10.1 Å². The number of rotatable bonds is 4. The lowest BCUT2D eigenvalue weighted by atomic mass is 10.1. The molecule has 2 rings (SSSR count). The second kappa shape index (κ2) is 5.64. The van der Waals surface area contributed by atoms with Crippen LogP contribution in [0.2, 0.25) is 0 Å². The van der Waals surface area contributed by atoms with Crippen molar-refractivity contribution >= 4 is 45.7 Å². The standard InChI is InChI=1S/C12H15IN2O2S/c1-12(5-2-6-18-12)8-14-10-4-3-9(13)7-11(10)15(16)17/h3-4,7,14H,2,5-6,8H2,1H3. The van der Waals surface area contributed by atoms with Gasteiger partial charge in [-0.1, -0.05) is 0 Å². The van der Waals surface area contributed by atoms with Crippen LogP contribution >= 0.6 is 34.4 Å². The summed E-state index contributed by atoms with van der Waals surface area (Å²) < 4.78 is 1.09. The number of hydrogen-bond donors (Lipinski definition) is 1. The topological polar surface area (TPSA) is 55.2 Å². The highest BCUT2D eigenvalue weighted by Crippen LogP contribution is 2.38. The Labute approximate surface area is 124 Å². The third kappa shape index (κ3) is 3.28. The summed E-state index contributed by atoms with van der Waals surface area (Å²) in [6.45, 7) is 3.00. The molecular formula is C12H15IN2O2S. The van der Waals surface area contributed by atoms with Crippen molar-refractivity contribution in [1.82, 2.24) is 0 Å². The van der Waals surface area contributed by atoms with E-state index >= 15 is 0 Å². The number of nitro benzene ring substituents is 1. The summed E-state index contributed by atoms with van der Waals surface area (Å²) in [7, 11) is 0. The van der Waals surface area contributed by atoms with Gasteiger partial charge in [0.05, 0.1) is 4.92 Å². The molecule has 1 aliphatic heterocycles. The zero-order valence-corrected chi connectivity index (χ0v) is 13.1. The number of benzene rings is 1. The van der Waals surface area contributed by atoms with Crippen LogP contribution in [0.3, 0.4) is 0 Å². The minimum absolute atomic E-state index is 0.161. The number of anilines is 1. The molecule has 1 fully saturated rings. The van der Waals surface area contributed by atoms with E-state index in [1.54, 1.807) is 12.1 Å². The smallest absolute Gasteiger partial charge is 0.293 e. The predicted molar refractivity (Wildman–Crippen MR) is 84.4 cm³/mol. The average Bonchev–Trinajstić information content (AvgIpc) is 2.75. The van der Waals surface area contributed by atoms with Crippen LogP contribution in [0.15, 0.2) is 18.2 Å². The molecule has 0 saturated carbocycles. The first kappa shape index (κ1) is 13.9. The molecule has 1 aliphatic rings. The summed E-state index contributed by atoms with van der Waals surface area (Å²) in [6, 6.07) is 5.29. The fourth-order valence-electron chi connectivity index (χ4n) is 2.06. The van der Waals surface area contributed by atoms with Crippen molar-refractivity contribution in [2.45, 2.75) is 24.5 Å². The monoisotopic (exact) mass is 378 g/mol. The van der Waals surface area contributed by atoms with E-state index in [2.05, 4.69) is 34.8 Å². The van der Waals surface area contributed by atoms with Crippen molar-refractivity contribution in [2.24, 2.45) is 0 Å². The Bertz CT molecular complexity index is 461. The van der Waals surface area contributed by atoms with E-state index in [1.165, 1.54) is 18.6 Å². The van der Waals surface area contributed by atoms with Crippen LogP contribution in [-0.4, -0.2) is 22.0 Å². The number of thioether (sulfide) groups is 1. The molecule has 6 heteroatoms. The number of halogens is 1. The lowest BCUT2D eigenvalue weighted by molar-refractivity contribution is -0.384. The molecule has 0 aromatic heterocycles. The molecule has 1 N–H and O–H groups in total. The quantitative estimate of drug-likeness (QED) is 0.491. The minimum Gasteiger partial charge on any atom is -0.378 e. The van der Waals surface area contributed by atoms with Gasteiger partial charge in [0.15, 0.2) is 0 Å². The zero-order chi connectivity index (χ0) is 13.2. The molecule has 1 aromatic rings. The van der Waals surface area contributed by atoms with Gasteiger partial charge in [0.1, 0.15) is 5.69 Å². The maximum Gasteiger partial charge on any atom is 0.293 e. The fourth-order valence-corrected chi connectivity index (χ4v) is 3.78. The summed E-state index contributed by atoms with van der Waals surface area (Å²) >= 11 is 4.04. The molecule has 4 nitrogen and oxygen atoms in total. The van der Waals surface area contributed by atoms with Gasteiger partial charge < -0.3 is 5.32 Å². The summed E-state index contributed by atoms with van der Waals surface area (Å²) in [5, 5.41) is 14.2. The van der Waals surface area contributed by atoms with Crippen LogP contribution in [0.1, 0.15) is 19.8 Å². The van der Waals surface area contributed by atoms with Gasteiger partial charge in [-0.25, -0.2) is 0 Å². The van der Waals surface area contributed by atoms with E-state index in [9.17, 15) is 10.1 Å². The third-order valence-electron chi connectivity index (χ3n) is 3.11. The number of nitrogens with zero attached hydrogens (tertiary/aromatic N) is 1. The normalized spacial score (nSPS) is 23.0. The maximum absolute atomic E-state index is 11.0. The third-order valence-corrected chi connectivity index (χ3v) is 5.32. The van der Waals surface area contributed by atoms with Crippen LogP contribution in [0, 0.1) is 13.7 Å².